The zero-order valence-corrected chi connectivity index (χ0v) is 17.3. The second kappa shape index (κ2) is 6.60. The van der Waals surface area contributed by atoms with Gasteiger partial charge in [0.2, 0.25) is 11.9 Å². The van der Waals surface area contributed by atoms with Gasteiger partial charge in [-0.25, -0.2) is 0 Å². The molecule has 9 heteroatoms. The summed E-state index contributed by atoms with van der Waals surface area (Å²) in [5.74, 6) is 2.82. The average Bonchev–Trinajstić information content (AvgIpc) is 3.08. The second-order valence-electron chi connectivity index (χ2n) is 8.70. The Hall–Kier alpha value is -2.84. The van der Waals surface area contributed by atoms with E-state index < -0.39 is 5.54 Å². The molecule has 1 aliphatic carbocycles. The molecule has 1 amide bonds. The van der Waals surface area contributed by atoms with E-state index in [0.717, 1.165) is 49.7 Å². The van der Waals surface area contributed by atoms with Gasteiger partial charge < -0.3 is 15.1 Å². The molecule has 3 aliphatic heterocycles. The van der Waals surface area contributed by atoms with Crippen LogP contribution < -0.4 is 5.32 Å². The zero-order chi connectivity index (χ0) is 20.2. The van der Waals surface area contributed by atoms with Crippen LogP contribution in [0.3, 0.4) is 0 Å². The molecule has 5 rings (SSSR count). The lowest BCUT2D eigenvalue weighted by Gasteiger charge is -2.38. The SMILES string of the molecule is CN(C)C(=O)[C@]1(C)CCCN1C1=NN2CCC=C2C(Nc2cc(C3CC3)[nH]n2)=N1. The Kier molecular flexibility index (Phi) is 4.15. The highest BCUT2D eigenvalue weighted by Crippen LogP contribution is 2.39. The smallest absolute Gasteiger partial charge is 0.247 e. The minimum absolute atomic E-state index is 0.0894. The highest BCUT2D eigenvalue weighted by atomic mass is 16.2. The summed E-state index contributed by atoms with van der Waals surface area (Å²) in [5.41, 5.74) is 1.53. The van der Waals surface area contributed by atoms with Crippen molar-refractivity contribution in [1.82, 2.24) is 25.0 Å². The van der Waals surface area contributed by atoms with E-state index in [1.54, 1.807) is 19.0 Å². The van der Waals surface area contributed by atoms with Crippen molar-refractivity contribution in [1.29, 1.82) is 0 Å². The van der Waals surface area contributed by atoms with Gasteiger partial charge >= 0.3 is 0 Å². The molecule has 1 saturated carbocycles. The van der Waals surface area contributed by atoms with Crippen molar-refractivity contribution in [2.45, 2.75) is 50.5 Å². The van der Waals surface area contributed by atoms with Crippen LogP contribution in [0.25, 0.3) is 0 Å². The lowest BCUT2D eigenvalue weighted by molar-refractivity contribution is -0.137. The molecule has 29 heavy (non-hydrogen) atoms. The van der Waals surface area contributed by atoms with Gasteiger partial charge in [-0.05, 0) is 39.0 Å². The summed E-state index contributed by atoms with van der Waals surface area (Å²) >= 11 is 0. The summed E-state index contributed by atoms with van der Waals surface area (Å²) in [6.45, 7) is 3.59. The summed E-state index contributed by atoms with van der Waals surface area (Å²) < 4.78 is 0. The van der Waals surface area contributed by atoms with E-state index in [-0.39, 0.29) is 5.91 Å². The summed E-state index contributed by atoms with van der Waals surface area (Å²) in [5, 5.41) is 17.7. The van der Waals surface area contributed by atoms with Crippen molar-refractivity contribution in [3.63, 3.8) is 0 Å². The van der Waals surface area contributed by atoms with Gasteiger partial charge in [-0.2, -0.15) is 10.1 Å². The van der Waals surface area contributed by atoms with Crippen LogP contribution in [0.2, 0.25) is 0 Å². The van der Waals surface area contributed by atoms with Crippen LogP contribution in [-0.4, -0.2) is 75.4 Å². The fourth-order valence-electron chi connectivity index (χ4n) is 4.48. The standard InChI is InChI=1S/C20H28N8O/c1-20(18(29)26(2)3)9-5-10-27(20)19-22-17(15-6-4-11-28(15)25-19)21-16-12-14(23-24-16)13-7-8-13/h6,12-13H,4-5,7-11H2,1-3H3,(H2,21,22,23,24,25)/t20-/m0/s1. The molecule has 9 nitrogen and oxygen atoms in total. The number of amides is 1. The fourth-order valence-corrected chi connectivity index (χ4v) is 4.48. The first-order valence-corrected chi connectivity index (χ1v) is 10.4. The fraction of sp³-hybridized carbons (Fsp3) is 0.600. The summed E-state index contributed by atoms with van der Waals surface area (Å²) in [6, 6.07) is 2.07. The molecule has 1 saturated heterocycles. The van der Waals surface area contributed by atoms with Crippen LogP contribution in [0.5, 0.6) is 0 Å². The van der Waals surface area contributed by atoms with Gasteiger partial charge in [-0.3, -0.25) is 14.9 Å². The Balaban J connectivity index is 1.45. The molecule has 1 aromatic rings. The number of rotatable bonds is 3. The molecule has 4 heterocycles. The highest BCUT2D eigenvalue weighted by molar-refractivity contribution is 6.14. The van der Waals surface area contributed by atoms with Crippen LogP contribution in [0.15, 0.2) is 27.9 Å². The first-order valence-electron chi connectivity index (χ1n) is 10.4. The maximum absolute atomic E-state index is 12.9. The molecule has 0 aromatic carbocycles. The number of carbonyl (C=O) groups is 1. The summed E-state index contributed by atoms with van der Waals surface area (Å²) in [4.78, 5) is 21.5. The Morgan fingerprint density at radius 3 is 2.93 bits per heavy atom. The number of hydrogen-bond donors (Lipinski definition) is 2. The molecular formula is C20H28N8O. The molecule has 1 atom stereocenters. The molecule has 0 radical (unpaired) electrons. The van der Waals surface area contributed by atoms with Gasteiger partial charge in [-0.15, -0.1) is 5.10 Å². The maximum atomic E-state index is 12.9. The van der Waals surface area contributed by atoms with Crippen molar-refractivity contribution in [2.24, 2.45) is 10.1 Å². The van der Waals surface area contributed by atoms with Gasteiger partial charge in [0.15, 0.2) is 11.7 Å². The van der Waals surface area contributed by atoms with Gasteiger partial charge in [0, 0.05) is 44.9 Å². The van der Waals surface area contributed by atoms with E-state index in [0.29, 0.717) is 11.9 Å². The normalized spacial score (nSPS) is 26.1. The molecule has 4 aliphatic rings. The molecular weight excluding hydrogens is 368 g/mol. The maximum Gasteiger partial charge on any atom is 0.247 e. The molecule has 1 aromatic heterocycles. The summed E-state index contributed by atoms with van der Waals surface area (Å²) in [6.07, 6.45) is 7.27. The minimum Gasteiger partial charge on any atom is -0.347 e. The van der Waals surface area contributed by atoms with Crippen molar-refractivity contribution < 1.29 is 4.79 Å². The third kappa shape index (κ3) is 3.08. The van der Waals surface area contributed by atoms with Gasteiger partial charge in [0.25, 0.3) is 0 Å². The van der Waals surface area contributed by atoms with Gasteiger partial charge in [0.1, 0.15) is 5.54 Å². The van der Waals surface area contributed by atoms with E-state index in [2.05, 4.69) is 32.6 Å². The Labute approximate surface area is 170 Å². The number of likely N-dealkylation sites (N-methyl/N-ethyl adjacent to an activating group) is 1. The first-order chi connectivity index (χ1) is 14.0. The minimum atomic E-state index is -0.622. The number of aromatic nitrogens is 2. The second-order valence-corrected chi connectivity index (χ2v) is 8.70. The molecule has 2 N–H and O–H groups in total. The number of fused-ring (bicyclic) bond motifs is 1. The number of carbonyl (C=O) groups excluding carboxylic acids is 1. The topological polar surface area (TPSA) is 92.2 Å². The lowest BCUT2D eigenvalue weighted by atomic mass is 9.97. The number of aliphatic imine (C=N–C) groups is 1. The number of anilines is 1. The van der Waals surface area contributed by atoms with Crippen molar-refractivity contribution in [2.75, 3.05) is 32.5 Å². The van der Waals surface area contributed by atoms with Crippen LogP contribution in [0.1, 0.15) is 50.6 Å². The molecule has 0 bridgehead atoms. The van der Waals surface area contributed by atoms with Crippen LogP contribution in [0.4, 0.5) is 5.82 Å². The van der Waals surface area contributed by atoms with Crippen molar-refractivity contribution in [3.8, 4) is 0 Å². The number of amidine groups is 1. The largest absolute Gasteiger partial charge is 0.347 e. The highest BCUT2D eigenvalue weighted by Gasteiger charge is 2.47. The van der Waals surface area contributed by atoms with Gasteiger partial charge in [0.05, 0.1) is 5.70 Å². The van der Waals surface area contributed by atoms with E-state index >= 15 is 0 Å². The van der Waals surface area contributed by atoms with Gasteiger partial charge in [-0.1, -0.05) is 6.08 Å². The number of nitrogens with one attached hydrogen (secondary N) is 2. The number of hydrogen-bond acceptors (Lipinski definition) is 7. The van der Waals surface area contributed by atoms with Crippen LogP contribution in [0, 0.1) is 0 Å². The van der Waals surface area contributed by atoms with Crippen LogP contribution >= 0.6 is 0 Å². The monoisotopic (exact) mass is 396 g/mol. The van der Waals surface area contributed by atoms with Crippen molar-refractivity contribution in [3.05, 3.63) is 23.5 Å². The van der Waals surface area contributed by atoms with E-state index in [9.17, 15) is 4.79 Å². The number of likely N-dealkylation sites (tertiary alicyclic amines) is 1. The molecule has 0 unspecified atom stereocenters. The third-order valence-electron chi connectivity index (χ3n) is 6.23. The lowest BCUT2D eigenvalue weighted by Crippen LogP contribution is -2.55. The van der Waals surface area contributed by atoms with E-state index in [4.69, 9.17) is 10.1 Å². The molecule has 154 valence electrons. The number of hydrazone groups is 1. The Bertz CT molecular complexity index is 925. The number of aromatic amines is 1. The Morgan fingerprint density at radius 2 is 2.17 bits per heavy atom. The molecule has 2 fully saturated rings. The van der Waals surface area contributed by atoms with E-state index in [1.807, 2.05) is 11.9 Å². The predicted octanol–water partition coefficient (Wildman–Crippen LogP) is 1.91. The van der Waals surface area contributed by atoms with Crippen LogP contribution in [-0.2, 0) is 4.79 Å². The number of H-pyrrole nitrogens is 1. The predicted molar refractivity (Wildman–Crippen MR) is 112 cm³/mol. The summed E-state index contributed by atoms with van der Waals surface area (Å²) in [7, 11) is 3.61. The zero-order valence-electron chi connectivity index (χ0n) is 17.3. The average molecular weight is 396 g/mol. The first kappa shape index (κ1) is 18.2. The van der Waals surface area contributed by atoms with E-state index in [1.165, 1.54) is 18.5 Å². The van der Waals surface area contributed by atoms with Crippen molar-refractivity contribution >= 4 is 23.5 Å². The third-order valence-corrected chi connectivity index (χ3v) is 6.23. The Morgan fingerprint density at radius 1 is 1.34 bits per heavy atom. The quantitative estimate of drug-likeness (QED) is 0.814. The number of nitrogens with zero attached hydrogens (tertiary/aromatic N) is 6. The molecule has 0 spiro atoms. The number of guanidine groups is 1.